The van der Waals surface area contributed by atoms with Gasteiger partial charge in [-0.3, -0.25) is 4.90 Å². The molecule has 4 nitrogen and oxygen atoms in total. The molecule has 1 aromatic rings. The van der Waals surface area contributed by atoms with Crippen molar-refractivity contribution in [2.45, 2.75) is 31.2 Å². The van der Waals surface area contributed by atoms with Crippen LogP contribution >= 0.6 is 15.9 Å². The summed E-state index contributed by atoms with van der Waals surface area (Å²) in [6, 6.07) is 3.94. The third-order valence-corrected chi connectivity index (χ3v) is 6.81. The predicted octanol–water partition coefficient (Wildman–Crippen LogP) is 2.69. The Kier molecular flexibility index (Phi) is 5.40. The molecule has 1 atom stereocenters. The topological polar surface area (TPSA) is 40.6 Å². The zero-order valence-electron chi connectivity index (χ0n) is 12.2. The molecule has 1 unspecified atom stereocenters. The molecule has 0 amide bonds. The number of sulfonamides is 1. The molecule has 1 aliphatic rings. The van der Waals surface area contributed by atoms with Gasteiger partial charge in [0.2, 0.25) is 10.0 Å². The first-order valence-electron chi connectivity index (χ1n) is 7.09. The Balaban J connectivity index is 2.22. The first-order valence-corrected chi connectivity index (χ1v) is 9.32. The molecule has 21 heavy (non-hydrogen) atoms. The Bertz CT molecular complexity index is 605. The lowest BCUT2D eigenvalue weighted by atomic mass is 10.2. The standard InChI is InChI=1S/C14H20BrFN2O2S/c1-3-17(4-2)12-7-8-18(10-12)21(19,20)14-6-5-11(16)9-13(14)15/h5-6,9,12H,3-4,7-8,10H2,1-2H3. The summed E-state index contributed by atoms with van der Waals surface area (Å²) < 4.78 is 40.2. The summed E-state index contributed by atoms with van der Waals surface area (Å²) in [6.07, 6.45) is 0.833. The van der Waals surface area contributed by atoms with Gasteiger partial charge in [0.25, 0.3) is 0 Å². The van der Waals surface area contributed by atoms with Gasteiger partial charge in [-0.25, -0.2) is 12.8 Å². The number of rotatable bonds is 5. The second-order valence-corrected chi connectivity index (χ2v) is 7.86. The van der Waals surface area contributed by atoms with E-state index < -0.39 is 15.8 Å². The van der Waals surface area contributed by atoms with Gasteiger partial charge in [0, 0.05) is 23.6 Å². The van der Waals surface area contributed by atoms with Crippen molar-refractivity contribution >= 4 is 26.0 Å². The first kappa shape index (κ1) is 16.9. The smallest absolute Gasteiger partial charge is 0.244 e. The quantitative estimate of drug-likeness (QED) is 0.790. The minimum absolute atomic E-state index is 0.129. The van der Waals surface area contributed by atoms with E-state index in [1.807, 2.05) is 0 Å². The summed E-state index contributed by atoms with van der Waals surface area (Å²) in [5, 5.41) is 0. The second kappa shape index (κ2) is 6.73. The maximum atomic E-state index is 13.1. The normalized spacial score (nSPS) is 20.3. The highest BCUT2D eigenvalue weighted by Gasteiger charge is 2.35. The number of likely N-dealkylation sites (N-methyl/N-ethyl adjacent to an activating group) is 1. The van der Waals surface area contributed by atoms with Crippen LogP contribution in [0.3, 0.4) is 0 Å². The molecule has 0 saturated carbocycles. The van der Waals surface area contributed by atoms with Gasteiger partial charge in [-0.05, 0) is 53.6 Å². The minimum Gasteiger partial charge on any atom is -0.300 e. The third kappa shape index (κ3) is 3.47. The van der Waals surface area contributed by atoms with Crippen LogP contribution in [-0.2, 0) is 10.0 Å². The number of hydrogen-bond acceptors (Lipinski definition) is 3. The van der Waals surface area contributed by atoms with Crippen molar-refractivity contribution in [3.63, 3.8) is 0 Å². The summed E-state index contributed by atoms with van der Waals surface area (Å²) in [6.45, 7) is 6.99. The molecule has 1 heterocycles. The molecule has 0 aromatic heterocycles. The summed E-state index contributed by atoms with van der Waals surface area (Å²) in [7, 11) is -3.58. The van der Waals surface area contributed by atoms with E-state index in [9.17, 15) is 12.8 Å². The molecule has 1 saturated heterocycles. The maximum absolute atomic E-state index is 13.1. The van der Waals surface area contributed by atoms with E-state index in [4.69, 9.17) is 0 Å². The average molecular weight is 379 g/mol. The van der Waals surface area contributed by atoms with E-state index in [0.717, 1.165) is 19.5 Å². The summed E-state index contributed by atoms with van der Waals surface area (Å²) in [5.41, 5.74) is 0. The average Bonchev–Trinajstić information content (AvgIpc) is 2.90. The SMILES string of the molecule is CCN(CC)C1CCN(S(=O)(=O)c2ccc(F)cc2Br)C1. The van der Waals surface area contributed by atoms with E-state index in [2.05, 4.69) is 34.7 Å². The predicted molar refractivity (Wildman–Crippen MR) is 84.2 cm³/mol. The van der Waals surface area contributed by atoms with Crippen LogP contribution in [0.1, 0.15) is 20.3 Å². The molecule has 7 heteroatoms. The fraction of sp³-hybridized carbons (Fsp3) is 0.571. The Hall–Kier alpha value is -0.500. The molecule has 118 valence electrons. The summed E-state index contributed by atoms with van der Waals surface area (Å²) in [4.78, 5) is 2.40. The van der Waals surface area contributed by atoms with Gasteiger partial charge >= 0.3 is 0 Å². The van der Waals surface area contributed by atoms with E-state index in [-0.39, 0.29) is 15.4 Å². The van der Waals surface area contributed by atoms with Crippen molar-refractivity contribution in [1.82, 2.24) is 9.21 Å². The second-order valence-electron chi connectivity index (χ2n) is 5.10. The van der Waals surface area contributed by atoms with Gasteiger partial charge in [-0.15, -0.1) is 0 Å². The molecular formula is C14H20BrFN2O2S. The van der Waals surface area contributed by atoms with E-state index in [1.54, 1.807) is 0 Å². The van der Waals surface area contributed by atoms with Crippen molar-refractivity contribution in [1.29, 1.82) is 0 Å². The third-order valence-electron chi connectivity index (χ3n) is 3.97. The van der Waals surface area contributed by atoms with Crippen molar-refractivity contribution in [2.75, 3.05) is 26.2 Å². The van der Waals surface area contributed by atoms with Gasteiger partial charge in [0.1, 0.15) is 5.82 Å². The summed E-state index contributed by atoms with van der Waals surface area (Å²) in [5.74, 6) is -0.455. The monoisotopic (exact) mass is 378 g/mol. The van der Waals surface area contributed by atoms with Crippen molar-refractivity contribution in [2.24, 2.45) is 0 Å². The van der Waals surface area contributed by atoms with Crippen LogP contribution in [0, 0.1) is 5.82 Å². The number of nitrogens with zero attached hydrogens (tertiary/aromatic N) is 2. The lowest BCUT2D eigenvalue weighted by Gasteiger charge is -2.26. The van der Waals surface area contributed by atoms with Gasteiger partial charge in [-0.2, -0.15) is 4.31 Å². The Labute approximate surface area is 134 Å². The highest BCUT2D eigenvalue weighted by Crippen LogP contribution is 2.29. The van der Waals surface area contributed by atoms with E-state index in [1.165, 1.54) is 22.5 Å². The zero-order valence-corrected chi connectivity index (χ0v) is 14.6. The van der Waals surface area contributed by atoms with Crippen LogP contribution in [0.5, 0.6) is 0 Å². The van der Waals surface area contributed by atoms with Gasteiger partial charge < -0.3 is 0 Å². The Morgan fingerprint density at radius 3 is 2.62 bits per heavy atom. The van der Waals surface area contributed by atoms with E-state index in [0.29, 0.717) is 13.1 Å². The van der Waals surface area contributed by atoms with Crippen LogP contribution in [0.2, 0.25) is 0 Å². The lowest BCUT2D eigenvalue weighted by Crippen LogP contribution is -2.38. The van der Waals surface area contributed by atoms with Crippen molar-refractivity contribution in [3.05, 3.63) is 28.5 Å². The maximum Gasteiger partial charge on any atom is 0.244 e. The van der Waals surface area contributed by atoms with Gasteiger partial charge in [0.15, 0.2) is 0 Å². The van der Waals surface area contributed by atoms with Crippen LogP contribution in [0.25, 0.3) is 0 Å². The van der Waals surface area contributed by atoms with Crippen LogP contribution < -0.4 is 0 Å². The molecular weight excluding hydrogens is 359 g/mol. The van der Waals surface area contributed by atoms with E-state index >= 15 is 0 Å². The molecule has 2 rings (SSSR count). The largest absolute Gasteiger partial charge is 0.300 e. The number of hydrogen-bond donors (Lipinski definition) is 0. The lowest BCUT2D eigenvalue weighted by molar-refractivity contribution is 0.224. The molecule has 1 aliphatic heterocycles. The highest BCUT2D eigenvalue weighted by molar-refractivity contribution is 9.10. The molecule has 1 aromatic carbocycles. The van der Waals surface area contributed by atoms with Crippen LogP contribution in [-0.4, -0.2) is 49.8 Å². The fourth-order valence-electron chi connectivity index (χ4n) is 2.79. The Morgan fingerprint density at radius 2 is 2.05 bits per heavy atom. The molecule has 0 bridgehead atoms. The number of benzene rings is 1. The van der Waals surface area contributed by atoms with Gasteiger partial charge in [-0.1, -0.05) is 13.8 Å². The Morgan fingerprint density at radius 1 is 1.38 bits per heavy atom. The first-order chi connectivity index (χ1) is 9.90. The molecule has 0 radical (unpaired) electrons. The summed E-state index contributed by atoms with van der Waals surface area (Å²) >= 11 is 3.15. The molecule has 0 spiro atoms. The molecule has 0 N–H and O–H groups in total. The minimum atomic E-state index is -3.58. The van der Waals surface area contributed by atoms with Gasteiger partial charge in [0.05, 0.1) is 4.90 Å². The van der Waals surface area contributed by atoms with Crippen molar-refractivity contribution < 1.29 is 12.8 Å². The number of halogens is 2. The molecule has 1 fully saturated rings. The van der Waals surface area contributed by atoms with Crippen LogP contribution in [0.4, 0.5) is 4.39 Å². The molecule has 0 aliphatic carbocycles. The highest BCUT2D eigenvalue weighted by atomic mass is 79.9. The van der Waals surface area contributed by atoms with Crippen molar-refractivity contribution in [3.8, 4) is 0 Å². The van der Waals surface area contributed by atoms with Crippen LogP contribution in [0.15, 0.2) is 27.6 Å². The fourth-order valence-corrected chi connectivity index (χ4v) is 5.29. The zero-order chi connectivity index (χ0) is 15.6.